The first kappa shape index (κ1) is 17.8. The maximum atomic E-state index is 13.0. The van der Waals surface area contributed by atoms with E-state index in [2.05, 4.69) is 4.98 Å². The van der Waals surface area contributed by atoms with Crippen LogP contribution in [0.1, 0.15) is 11.1 Å². The van der Waals surface area contributed by atoms with Gasteiger partial charge in [0.2, 0.25) is 0 Å². The second-order valence-corrected chi connectivity index (χ2v) is 7.34. The summed E-state index contributed by atoms with van der Waals surface area (Å²) in [6.07, 6.45) is 2.10. The maximum absolute atomic E-state index is 13.0. The fourth-order valence-corrected chi connectivity index (χ4v) is 3.39. The van der Waals surface area contributed by atoms with Gasteiger partial charge in [0.1, 0.15) is 0 Å². The van der Waals surface area contributed by atoms with E-state index in [1.54, 1.807) is 24.3 Å². The van der Waals surface area contributed by atoms with Crippen LogP contribution in [0.5, 0.6) is 0 Å². The highest BCUT2D eigenvalue weighted by Gasteiger charge is 2.23. The van der Waals surface area contributed by atoms with Crippen LogP contribution < -0.4 is 17.1 Å². The van der Waals surface area contributed by atoms with Crippen molar-refractivity contribution in [2.24, 2.45) is 0 Å². The molecule has 8 heteroatoms. The summed E-state index contributed by atoms with van der Waals surface area (Å²) in [6, 6.07) is 14.2. The van der Waals surface area contributed by atoms with Crippen molar-refractivity contribution in [3.8, 4) is 11.4 Å². The number of aromatic nitrogens is 3. The van der Waals surface area contributed by atoms with Crippen molar-refractivity contribution in [2.45, 2.75) is 25.0 Å². The smallest absolute Gasteiger partial charge is 0.345 e. The molecule has 2 atom stereocenters. The van der Waals surface area contributed by atoms with Gasteiger partial charge in [-0.1, -0.05) is 24.3 Å². The van der Waals surface area contributed by atoms with Crippen molar-refractivity contribution in [1.29, 1.82) is 0 Å². The van der Waals surface area contributed by atoms with Gasteiger partial charge in [-0.05, 0) is 35.4 Å². The lowest BCUT2D eigenvalue weighted by molar-refractivity contribution is 0.407. The van der Waals surface area contributed by atoms with Crippen molar-refractivity contribution in [3.63, 3.8) is 0 Å². The lowest BCUT2D eigenvalue weighted by atomic mass is 10.1. The molecule has 2 saturated heterocycles. The van der Waals surface area contributed by atoms with Crippen molar-refractivity contribution in [2.75, 3.05) is 13.2 Å². The summed E-state index contributed by atoms with van der Waals surface area (Å²) in [5.41, 5.74) is 0.666. The van der Waals surface area contributed by atoms with E-state index in [4.69, 9.17) is 9.47 Å². The Labute approximate surface area is 165 Å². The van der Waals surface area contributed by atoms with E-state index >= 15 is 0 Å². The molecule has 2 aliphatic rings. The molecule has 0 radical (unpaired) electrons. The van der Waals surface area contributed by atoms with E-state index in [9.17, 15) is 14.4 Å². The van der Waals surface area contributed by atoms with Gasteiger partial charge >= 0.3 is 17.1 Å². The second-order valence-electron chi connectivity index (χ2n) is 7.34. The molecule has 0 spiro atoms. The zero-order valence-corrected chi connectivity index (χ0v) is 15.5. The maximum Gasteiger partial charge on any atom is 0.345 e. The molecular formula is C21H19N3O5. The highest BCUT2D eigenvalue weighted by molar-refractivity contribution is 5.37. The van der Waals surface area contributed by atoms with Gasteiger partial charge < -0.3 is 9.47 Å². The van der Waals surface area contributed by atoms with Gasteiger partial charge in [0, 0.05) is 12.8 Å². The second kappa shape index (κ2) is 6.98. The van der Waals surface area contributed by atoms with Crippen LogP contribution in [0.2, 0.25) is 0 Å². The Morgan fingerprint density at radius 1 is 0.724 bits per heavy atom. The lowest BCUT2D eigenvalue weighted by Gasteiger charge is -2.10. The van der Waals surface area contributed by atoms with E-state index in [1.807, 2.05) is 24.3 Å². The van der Waals surface area contributed by atoms with Gasteiger partial charge in [0.25, 0.3) is 0 Å². The number of epoxide rings is 2. The van der Waals surface area contributed by atoms with E-state index in [-0.39, 0.29) is 12.2 Å². The predicted octanol–water partition coefficient (Wildman–Crippen LogP) is 0.559. The van der Waals surface area contributed by atoms with E-state index in [1.165, 1.54) is 0 Å². The Balaban J connectivity index is 1.52. The number of hydrogen-bond acceptors (Lipinski definition) is 5. The van der Waals surface area contributed by atoms with Crippen LogP contribution in [0.4, 0.5) is 0 Å². The Hall–Kier alpha value is -3.23. The number of rotatable bonds is 6. The van der Waals surface area contributed by atoms with Gasteiger partial charge in [-0.15, -0.1) is 0 Å². The molecule has 0 bridgehead atoms. The van der Waals surface area contributed by atoms with Crippen LogP contribution in [0.3, 0.4) is 0 Å². The molecule has 0 amide bonds. The number of nitrogens with one attached hydrogen (secondary N) is 1. The third kappa shape index (κ3) is 3.72. The number of H-pyrrole nitrogens is 1. The average molecular weight is 393 g/mol. The molecule has 8 nitrogen and oxygen atoms in total. The molecule has 0 saturated carbocycles. The molecular weight excluding hydrogens is 374 g/mol. The Kier molecular flexibility index (Phi) is 4.30. The van der Waals surface area contributed by atoms with Crippen LogP contribution in [-0.4, -0.2) is 39.5 Å². The van der Waals surface area contributed by atoms with Crippen LogP contribution in [0, 0.1) is 0 Å². The molecule has 29 heavy (non-hydrogen) atoms. The molecule has 2 aliphatic heterocycles. The quantitative estimate of drug-likeness (QED) is 0.617. The largest absolute Gasteiger partial charge is 0.373 e. The van der Waals surface area contributed by atoms with Crippen molar-refractivity contribution < 1.29 is 9.47 Å². The van der Waals surface area contributed by atoms with Gasteiger partial charge in [-0.25, -0.2) is 23.5 Å². The molecule has 2 fully saturated rings. The number of hydrogen-bond donors (Lipinski definition) is 1. The lowest BCUT2D eigenvalue weighted by Crippen LogP contribution is -2.48. The summed E-state index contributed by atoms with van der Waals surface area (Å²) in [5, 5.41) is 0. The first-order chi connectivity index (χ1) is 14.1. The molecule has 1 N–H and O–H groups in total. The summed E-state index contributed by atoms with van der Waals surface area (Å²) < 4.78 is 12.4. The van der Waals surface area contributed by atoms with Gasteiger partial charge in [0.15, 0.2) is 0 Å². The minimum absolute atomic E-state index is 0.253. The summed E-state index contributed by atoms with van der Waals surface area (Å²) in [7, 11) is 0. The zero-order valence-electron chi connectivity index (χ0n) is 15.5. The molecule has 1 aromatic heterocycles. The SMILES string of the molecule is O=c1[nH]c(=O)n(-c2ccc(CC3CO3)cc2)c(=O)n1-c1ccc(CC2CO2)cc1. The minimum atomic E-state index is -0.767. The van der Waals surface area contributed by atoms with Crippen molar-refractivity contribution >= 4 is 0 Å². The van der Waals surface area contributed by atoms with Crippen LogP contribution in [0.25, 0.3) is 11.4 Å². The van der Waals surface area contributed by atoms with Crippen molar-refractivity contribution in [3.05, 3.63) is 91.1 Å². The minimum Gasteiger partial charge on any atom is -0.373 e. The molecule has 2 unspecified atom stereocenters. The normalized spacial score (nSPS) is 19.9. The van der Waals surface area contributed by atoms with E-state index in [0.29, 0.717) is 11.4 Å². The first-order valence-corrected chi connectivity index (χ1v) is 9.49. The third-order valence-corrected chi connectivity index (χ3v) is 5.12. The number of ether oxygens (including phenoxy) is 2. The van der Waals surface area contributed by atoms with Gasteiger partial charge in [-0.2, -0.15) is 0 Å². The zero-order chi connectivity index (χ0) is 20.0. The van der Waals surface area contributed by atoms with E-state index in [0.717, 1.165) is 46.3 Å². The van der Waals surface area contributed by atoms with Crippen molar-refractivity contribution in [1.82, 2.24) is 14.1 Å². The predicted molar refractivity (Wildman–Crippen MR) is 105 cm³/mol. The standard InChI is InChI=1S/C21H19N3O5/c25-19-22-20(26)24(16-7-3-14(4-8-16)10-18-12-29-18)21(27)23(19)15-5-1-13(2-6-15)9-17-11-28-17/h1-8,17-18H,9-12H2,(H,22,25,26). The van der Waals surface area contributed by atoms with Crippen LogP contribution in [-0.2, 0) is 22.3 Å². The summed E-state index contributed by atoms with van der Waals surface area (Å²) in [6.45, 7) is 1.52. The summed E-state index contributed by atoms with van der Waals surface area (Å²) in [4.78, 5) is 40.0. The Morgan fingerprint density at radius 2 is 1.10 bits per heavy atom. The highest BCUT2D eigenvalue weighted by atomic mass is 16.6. The van der Waals surface area contributed by atoms with Gasteiger partial charge in [-0.3, -0.25) is 4.98 Å². The molecule has 3 heterocycles. The topological polar surface area (TPSA) is 102 Å². The molecule has 3 aromatic rings. The first-order valence-electron chi connectivity index (χ1n) is 9.49. The van der Waals surface area contributed by atoms with Gasteiger partial charge in [0.05, 0.1) is 36.8 Å². The van der Waals surface area contributed by atoms with Crippen LogP contribution in [0.15, 0.2) is 62.9 Å². The average Bonchev–Trinajstić information content (AvgIpc) is 3.61. The molecule has 148 valence electrons. The molecule has 5 rings (SSSR count). The molecule has 0 aliphatic carbocycles. The fraction of sp³-hybridized carbons (Fsp3) is 0.286. The number of benzene rings is 2. The summed E-state index contributed by atoms with van der Waals surface area (Å²) >= 11 is 0. The van der Waals surface area contributed by atoms with Crippen LogP contribution >= 0.6 is 0 Å². The fourth-order valence-electron chi connectivity index (χ4n) is 3.39. The number of aromatic amines is 1. The monoisotopic (exact) mass is 393 g/mol. The Morgan fingerprint density at radius 3 is 1.45 bits per heavy atom. The third-order valence-electron chi connectivity index (χ3n) is 5.12. The Bertz CT molecular complexity index is 1120. The summed E-state index contributed by atoms with van der Waals surface area (Å²) in [5.74, 6) is 0. The van der Waals surface area contributed by atoms with E-state index < -0.39 is 17.1 Å². The highest BCUT2D eigenvalue weighted by Crippen LogP contribution is 2.18. The number of nitrogens with zero attached hydrogens (tertiary/aromatic N) is 2. The molecule has 2 aromatic carbocycles.